The highest BCUT2D eigenvalue weighted by atomic mass is 16.6. The first-order valence-corrected chi connectivity index (χ1v) is 9.81. The lowest BCUT2D eigenvalue weighted by molar-refractivity contribution is -0.117. The average molecular weight is 412 g/mol. The second-order valence-electron chi connectivity index (χ2n) is 8.14. The highest BCUT2D eigenvalue weighted by molar-refractivity contribution is 5.98. The summed E-state index contributed by atoms with van der Waals surface area (Å²) in [5, 5.41) is 2.90. The van der Waals surface area contributed by atoms with Gasteiger partial charge in [-0.1, -0.05) is 12.1 Å². The van der Waals surface area contributed by atoms with Crippen molar-refractivity contribution in [3.8, 4) is 11.5 Å². The van der Waals surface area contributed by atoms with Crippen LogP contribution in [0.2, 0.25) is 0 Å². The molecule has 1 fully saturated rings. The number of carbonyl (C=O) groups is 2. The molecule has 30 heavy (non-hydrogen) atoms. The summed E-state index contributed by atoms with van der Waals surface area (Å²) in [4.78, 5) is 27.2. The largest absolute Gasteiger partial charge is 0.497 e. The topological polar surface area (TPSA) is 77.1 Å². The van der Waals surface area contributed by atoms with Gasteiger partial charge < -0.3 is 19.5 Å². The predicted molar refractivity (Wildman–Crippen MR) is 114 cm³/mol. The van der Waals surface area contributed by atoms with Crippen LogP contribution in [0, 0.1) is 0 Å². The molecule has 2 atom stereocenters. The second-order valence-corrected chi connectivity index (χ2v) is 8.14. The maximum Gasteiger partial charge on any atom is 0.409 e. The minimum absolute atomic E-state index is 0.0814. The zero-order valence-electron chi connectivity index (χ0n) is 18.0. The molecule has 0 bridgehead atoms. The lowest BCUT2D eigenvalue weighted by atomic mass is 9.95. The molecule has 3 rings (SSSR count). The van der Waals surface area contributed by atoms with Crippen LogP contribution in [-0.4, -0.2) is 38.0 Å². The van der Waals surface area contributed by atoms with Crippen LogP contribution in [0.4, 0.5) is 10.5 Å². The van der Waals surface area contributed by atoms with Gasteiger partial charge in [-0.3, -0.25) is 9.69 Å². The molecule has 0 spiro atoms. The standard InChI is InChI=1S/C23H28N2O5/c1-23(2,3)30-22(27)24-21-19(15-6-10-17(28-4)11-7-15)14-20(26)25(21)16-8-12-18(29-5)13-9-16/h6-13,19,21H,14H2,1-5H3,(H,24,27). The first kappa shape index (κ1) is 21.5. The summed E-state index contributed by atoms with van der Waals surface area (Å²) in [6.07, 6.45) is -0.896. The van der Waals surface area contributed by atoms with Gasteiger partial charge in [0.25, 0.3) is 0 Å². The van der Waals surface area contributed by atoms with E-state index in [1.807, 2.05) is 24.3 Å². The van der Waals surface area contributed by atoms with E-state index in [-0.39, 0.29) is 18.2 Å². The summed E-state index contributed by atoms with van der Waals surface area (Å²) in [6, 6.07) is 14.7. The highest BCUT2D eigenvalue weighted by Gasteiger charge is 2.43. The molecule has 0 saturated carbocycles. The number of ether oxygens (including phenoxy) is 3. The van der Waals surface area contributed by atoms with Gasteiger partial charge in [-0.05, 0) is 62.7 Å². The molecule has 2 aromatic rings. The molecule has 160 valence electrons. The van der Waals surface area contributed by atoms with Crippen LogP contribution in [0.15, 0.2) is 48.5 Å². The Morgan fingerprint density at radius 1 is 0.967 bits per heavy atom. The van der Waals surface area contributed by atoms with Gasteiger partial charge in [0.15, 0.2) is 0 Å². The molecule has 1 aliphatic heterocycles. The number of anilines is 1. The van der Waals surface area contributed by atoms with Crippen molar-refractivity contribution in [3.63, 3.8) is 0 Å². The van der Waals surface area contributed by atoms with Crippen LogP contribution in [0.5, 0.6) is 11.5 Å². The Morgan fingerprint density at radius 3 is 2.00 bits per heavy atom. The summed E-state index contributed by atoms with van der Waals surface area (Å²) in [5.74, 6) is 1.10. The Bertz CT molecular complexity index is 887. The molecular formula is C23H28N2O5. The van der Waals surface area contributed by atoms with Gasteiger partial charge in [0.05, 0.1) is 14.2 Å². The zero-order valence-corrected chi connectivity index (χ0v) is 18.0. The molecule has 2 unspecified atom stereocenters. The van der Waals surface area contributed by atoms with Crippen LogP contribution in [0.1, 0.15) is 38.7 Å². The molecule has 1 aliphatic rings. The fourth-order valence-electron chi connectivity index (χ4n) is 3.53. The summed E-state index contributed by atoms with van der Waals surface area (Å²) in [5.41, 5.74) is 0.965. The SMILES string of the molecule is COc1ccc(C2CC(=O)N(c3ccc(OC)cc3)C2NC(=O)OC(C)(C)C)cc1. The number of hydrogen-bond donors (Lipinski definition) is 1. The van der Waals surface area contributed by atoms with E-state index in [1.165, 1.54) is 0 Å². The molecular weight excluding hydrogens is 384 g/mol. The van der Waals surface area contributed by atoms with Gasteiger partial charge in [0, 0.05) is 18.0 Å². The summed E-state index contributed by atoms with van der Waals surface area (Å²) in [7, 11) is 3.19. The van der Waals surface area contributed by atoms with Crippen molar-refractivity contribution >= 4 is 17.7 Å². The molecule has 0 aliphatic carbocycles. The maximum absolute atomic E-state index is 13.0. The summed E-state index contributed by atoms with van der Waals surface area (Å²) >= 11 is 0. The monoisotopic (exact) mass is 412 g/mol. The number of carbonyl (C=O) groups excluding carboxylic acids is 2. The fraction of sp³-hybridized carbons (Fsp3) is 0.391. The van der Waals surface area contributed by atoms with E-state index in [1.54, 1.807) is 64.2 Å². The Hall–Kier alpha value is -3.22. The minimum atomic E-state index is -0.646. The molecule has 0 aromatic heterocycles. The van der Waals surface area contributed by atoms with E-state index < -0.39 is 17.9 Å². The fourth-order valence-corrected chi connectivity index (χ4v) is 3.53. The van der Waals surface area contributed by atoms with Crippen molar-refractivity contribution in [2.24, 2.45) is 0 Å². The van der Waals surface area contributed by atoms with Crippen molar-refractivity contribution in [1.29, 1.82) is 0 Å². The number of nitrogens with zero attached hydrogens (tertiary/aromatic N) is 1. The van der Waals surface area contributed by atoms with Crippen LogP contribution >= 0.6 is 0 Å². The summed E-state index contributed by atoms with van der Waals surface area (Å²) < 4.78 is 15.9. The zero-order chi connectivity index (χ0) is 21.9. The molecule has 1 saturated heterocycles. The van der Waals surface area contributed by atoms with E-state index in [2.05, 4.69) is 5.32 Å². The number of alkyl carbamates (subject to hydrolysis) is 1. The number of amides is 2. The average Bonchev–Trinajstić information content (AvgIpc) is 3.02. The van der Waals surface area contributed by atoms with Crippen molar-refractivity contribution in [1.82, 2.24) is 5.32 Å². The summed E-state index contributed by atoms with van der Waals surface area (Å²) in [6.45, 7) is 5.40. The quantitative estimate of drug-likeness (QED) is 0.801. The molecule has 1 N–H and O–H groups in total. The number of hydrogen-bond acceptors (Lipinski definition) is 5. The lowest BCUT2D eigenvalue weighted by Crippen LogP contribution is -2.49. The Kier molecular flexibility index (Phi) is 6.20. The molecule has 0 radical (unpaired) electrons. The van der Waals surface area contributed by atoms with Gasteiger partial charge in [-0.2, -0.15) is 0 Å². The molecule has 2 aromatic carbocycles. The van der Waals surface area contributed by atoms with E-state index in [4.69, 9.17) is 14.2 Å². The second kappa shape index (κ2) is 8.65. The third-order valence-corrected chi connectivity index (χ3v) is 4.88. The minimum Gasteiger partial charge on any atom is -0.497 e. The first-order chi connectivity index (χ1) is 14.2. The smallest absolute Gasteiger partial charge is 0.409 e. The Morgan fingerprint density at radius 2 is 1.50 bits per heavy atom. The van der Waals surface area contributed by atoms with Gasteiger partial charge in [-0.25, -0.2) is 4.79 Å². The lowest BCUT2D eigenvalue weighted by Gasteiger charge is -2.30. The van der Waals surface area contributed by atoms with Gasteiger partial charge in [0.1, 0.15) is 23.3 Å². The number of benzene rings is 2. The Balaban J connectivity index is 1.94. The number of methoxy groups -OCH3 is 2. The molecule has 7 heteroatoms. The number of rotatable bonds is 5. The molecule has 1 heterocycles. The van der Waals surface area contributed by atoms with E-state index in [0.717, 1.165) is 11.3 Å². The van der Waals surface area contributed by atoms with Crippen molar-refractivity contribution in [2.75, 3.05) is 19.1 Å². The van der Waals surface area contributed by atoms with Crippen LogP contribution in [0.25, 0.3) is 0 Å². The van der Waals surface area contributed by atoms with Crippen LogP contribution in [-0.2, 0) is 9.53 Å². The van der Waals surface area contributed by atoms with E-state index >= 15 is 0 Å². The van der Waals surface area contributed by atoms with Gasteiger partial charge in [0.2, 0.25) is 5.91 Å². The third-order valence-electron chi connectivity index (χ3n) is 4.88. The van der Waals surface area contributed by atoms with Gasteiger partial charge in [-0.15, -0.1) is 0 Å². The van der Waals surface area contributed by atoms with Crippen molar-refractivity contribution < 1.29 is 23.8 Å². The Labute approximate surface area is 176 Å². The van der Waals surface area contributed by atoms with Crippen LogP contribution in [0.3, 0.4) is 0 Å². The van der Waals surface area contributed by atoms with Gasteiger partial charge >= 0.3 is 6.09 Å². The predicted octanol–water partition coefficient (Wildman–Crippen LogP) is 4.08. The first-order valence-electron chi connectivity index (χ1n) is 9.81. The molecule has 2 amide bonds. The van der Waals surface area contributed by atoms with Crippen molar-refractivity contribution in [3.05, 3.63) is 54.1 Å². The highest BCUT2D eigenvalue weighted by Crippen LogP contribution is 2.37. The van der Waals surface area contributed by atoms with Crippen molar-refractivity contribution in [2.45, 2.75) is 44.9 Å². The van der Waals surface area contributed by atoms with E-state index in [0.29, 0.717) is 11.4 Å². The maximum atomic E-state index is 13.0. The van der Waals surface area contributed by atoms with E-state index in [9.17, 15) is 9.59 Å². The number of nitrogens with one attached hydrogen (secondary N) is 1. The normalized spacial score (nSPS) is 18.8. The van der Waals surface area contributed by atoms with Crippen LogP contribution < -0.4 is 19.7 Å². The molecule has 7 nitrogen and oxygen atoms in total. The third kappa shape index (κ3) is 4.84.